The molecular formula is C28H30FN3O4. The molecule has 3 aliphatic heterocycles. The number of ether oxygens (including phenoxy) is 1. The Kier molecular flexibility index (Phi) is 5.99. The maximum Gasteiger partial charge on any atom is 0.255 e. The van der Waals surface area contributed by atoms with Crippen molar-refractivity contribution in [3.05, 3.63) is 65.0 Å². The van der Waals surface area contributed by atoms with Gasteiger partial charge >= 0.3 is 0 Å². The summed E-state index contributed by atoms with van der Waals surface area (Å²) in [5, 5.41) is 2.30. The molecule has 6 rings (SSSR count). The molecule has 3 atom stereocenters. The molecular weight excluding hydrogens is 461 g/mol. The molecule has 8 heteroatoms. The molecule has 1 aliphatic carbocycles. The van der Waals surface area contributed by atoms with E-state index in [0.29, 0.717) is 11.5 Å². The van der Waals surface area contributed by atoms with E-state index in [2.05, 4.69) is 34.5 Å². The summed E-state index contributed by atoms with van der Waals surface area (Å²) in [7, 11) is 0. The third-order valence-electron chi connectivity index (χ3n) is 8.17. The molecule has 3 amide bonds. The summed E-state index contributed by atoms with van der Waals surface area (Å²) >= 11 is 0. The number of hydrogen-bond donors (Lipinski definition) is 1. The van der Waals surface area contributed by atoms with Crippen molar-refractivity contribution in [3.8, 4) is 5.75 Å². The SMILES string of the molecule is O=C1CC[C@@H](N2Cc3cc(O[C@H]4CCCC[C@@H]4N4CC(c5ccccc5)C4)c(F)cc3C2=O)C(=O)N1. The molecule has 0 spiro atoms. The van der Waals surface area contributed by atoms with Crippen LogP contribution in [0.5, 0.6) is 5.75 Å². The molecule has 0 unspecified atom stereocenters. The third-order valence-corrected chi connectivity index (χ3v) is 8.17. The first-order valence-corrected chi connectivity index (χ1v) is 12.9. The normalized spacial score (nSPS) is 27.0. The minimum atomic E-state index is -0.721. The zero-order chi connectivity index (χ0) is 24.8. The fraction of sp³-hybridized carbons (Fsp3) is 0.464. The van der Waals surface area contributed by atoms with Crippen LogP contribution < -0.4 is 10.1 Å². The lowest BCUT2D eigenvalue weighted by molar-refractivity contribution is -0.136. The molecule has 3 heterocycles. The average molecular weight is 492 g/mol. The summed E-state index contributed by atoms with van der Waals surface area (Å²) in [6.45, 7) is 2.17. The summed E-state index contributed by atoms with van der Waals surface area (Å²) in [4.78, 5) is 40.7. The van der Waals surface area contributed by atoms with Gasteiger partial charge in [-0.05, 0) is 48.9 Å². The van der Waals surface area contributed by atoms with Crippen LogP contribution in [0.2, 0.25) is 0 Å². The van der Waals surface area contributed by atoms with E-state index in [1.807, 2.05) is 6.07 Å². The number of rotatable bonds is 5. The first kappa shape index (κ1) is 23.2. The highest BCUT2D eigenvalue weighted by Crippen LogP contribution is 2.37. The Morgan fingerprint density at radius 1 is 0.972 bits per heavy atom. The highest BCUT2D eigenvalue weighted by Gasteiger charge is 2.41. The van der Waals surface area contributed by atoms with Gasteiger partial charge in [-0.1, -0.05) is 36.8 Å². The van der Waals surface area contributed by atoms with Crippen molar-refractivity contribution in [2.75, 3.05) is 13.1 Å². The lowest BCUT2D eigenvalue weighted by atomic mass is 9.84. The molecule has 3 fully saturated rings. The number of benzene rings is 2. The third kappa shape index (κ3) is 4.17. The van der Waals surface area contributed by atoms with Crippen LogP contribution in [-0.4, -0.2) is 58.8 Å². The molecule has 7 nitrogen and oxygen atoms in total. The second-order valence-corrected chi connectivity index (χ2v) is 10.4. The van der Waals surface area contributed by atoms with E-state index in [4.69, 9.17) is 4.74 Å². The Bertz CT molecular complexity index is 1200. The minimum Gasteiger partial charge on any atom is -0.486 e. The first-order valence-electron chi connectivity index (χ1n) is 12.9. The Balaban J connectivity index is 1.15. The van der Waals surface area contributed by atoms with Crippen molar-refractivity contribution in [2.24, 2.45) is 0 Å². The molecule has 4 aliphatic rings. The van der Waals surface area contributed by atoms with Crippen LogP contribution in [0.3, 0.4) is 0 Å². The Morgan fingerprint density at radius 2 is 1.75 bits per heavy atom. The quantitative estimate of drug-likeness (QED) is 0.649. The van der Waals surface area contributed by atoms with E-state index in [-0.39, 0.29) is 54.7 Å². The molecule has 0 radical (unpaired) electrons. The number of carbonyl (C=O) groups is 3. The minimum absolute atomic E-state index is 0.105. The predicted octanol–water partition coefficient (Wildman–Crippen LogP) is 3.38. The number of fused-ring (bicyclic) bond motifs is 1. The molecule has 2 saturated heterocycles. The Morgan fingerprint density at radius 3 is 2.53 bits per heavy atom. The molecule has 0 bridgehead atoms. The van der Waals surface area contributed by atoms with Crippen molar-refractivity contribution < 1.29 is 23.5 Å². The van der Waals surface area contributed by atoms with Gasteiger partial charge < -0.3 is 9.64 Å². The van der Waals surface area contributed by atoms with Gasteiger partial charge in [-0.2, -0.15) is 0 Å². The van der Waals surface area contributed by atoms with Crippen molar-refractivity contribution in [1.82, 2.24) is 15.1 Å². The van der Waals surface area contributed by atoms with Gasteiger partial charge in [0.2, 0.25) is 11.8 Å². The van der Waals surface area contributed by atoms with Crippen LogP contribution in [0.1, 0.15) is 65.9 Å². The molecule has 2 aromatic rings. The Hall–Kier alpha value is -3.26. The van der Waals surface area contributed by atoms with Crippen molar-refractivity contribution in [1.29, 1.82) is 0 Å². The van der Waals surface area contributed by atoms with Crippen LogP contribution in [-0.2, 0) is 16.1 Å². The van der Waals surface area contributed by atoms with E-state index in [1.54, 1.807) is 6.07 Å². The fourth-order valence-corrected chi connectivity index (χ4v) is 6.17. The number of likely N-dealkylation sites (tertiary alicyclic amines) is 1. The van der Waals surface area contributed by atoms with Crippen LogP contribution in [0.4, 0.5) is 4.39 Å². The number of piperidine rings is 1. The number of nitrogens with one attached hydrogen (secondary N) is 1. The van der Waals surface area contributed by atoms with Gasteiger partial charge in [0.25, 0.3) is 5.91 Å². The number of nitrogens with zero attached hydrogens (tertiary/aromatic N) is 2. The van der Waals surface area contributed by atoms with Gasteiger partial charge in [-0.15, -0.1) is 0 Å². The van der Waals surface area contributed by atoms with E-state index in [0.717, 1.165) is 38.8 Å². The maximum atomic E-state index is 15.1. The van der Waals surface area contributed by atoms with Crippen molar-refractivity contribution in [3.63, 3.8) is 0 Å². The van der Waals surface area contributed by atoms with E-state index >= 15 is 4.39 Å². The van der Waals surface area contributed by atoms with Crippen LogP contribution in [0.25, 0.3) is 0 Å². The molecule has 188 valence electrons. The molecule has 1 N–H and O–H groups in total. The smallest absolute Gasteiger partial charge is 0.255 e. The molecule has 36 heavy (non-hydrogen) atoms. The maximum absolute atomic E-state index is 15.1. The highest BCUT2D eigenvalue weighted by atomic mass is 19.1. The van der Waals surface area contributed by atoms with Crippen LogP contribution in [0, 0.1) is 5.82 Å². The molecule has 2 aromatic carbocycles. The van der Waals surface area contributed by atoms with Gasteiger partial charge in [-0.25, -0.2) is 4.39 Å². The van der Waals surface area contributed by atoms with Crippen LogP contribution in [0.15, 0.2) is 42.5 Å². The fourth-order valence-electron chi connectivity index (χ4n) is 6.17. The lowest BCUT2D eigenvalue weighted by Gasteiger charge is -2.48. The van der Waals surface area contributed by atoms with Gasteiger partial charge in [0.1, 0.15) is 12.1 Å². The number of imide groups is 1. The topological polar surface area (TPSA) is 79.0 Å². The van der Waals surface area contributed by atoms with Gasteiger partial charge in [0.15, 0.2) is 11.6 Å². The van der Waals surface area contributed by atoms with Gasteiger partial charge in [-0.3, -0.25) is 24.6 Å². The van der Waals surface area contributed by atoms with Crippen LogP contribution >= 0.6 is 0 Å². The second-order valence-electron chi connectivity index (χ2n) is 10.4. The summed E-state index contributed by atoms with van der Waals surface area (Å²) in [5.41, 5.74) is 2.27. The zero-order valence-corrected chi connectivity index (χ0v) is 20.1. The Labute approximate surface area is 209 Å². The lowest BCUT2D eigenvalue weighted by Crippen LogP contribution is -2.57. The summed E-state index contributed by atoms with van der Waals surface area (Å²) in [6, 6.07) is 12.9. The van der Waals surface area contributed by atoms with Gasteiger partial charge in [0, 0.05) is 43.6 Å². The highest BCUT2D eigenvalue weighted by molar-refractivity contribution is 6.05. The second kappa shape index (κ2) is 9.32. The summed E-state index contributed by atoms with van der Waals surface area (Å²) < 4.78 is 21.4. The summed E-state index contributed by atoms with van der Waals surface area (Å²) in [5.74, 6) is -1.05. The monoisotopic (exact) mass is 491 g/mol. The van der Waals surface area contributed by atoms with Crippen molar-refractivity contribution >= 4 is 17.7 Å². The standard InChI is InChI=1S/C28H30FN3O4/c29-21-13-20-18(16-32(28(20)35)23-10-11-26(33)30-27(23)34)12-25(21)36-24-9-5-4-8-22(24)31-14-19(15-31)17-6-2-1-3-7-17/h1-3,6-7,12-13,19,22-24H,4-5,8-11,14-16H2,(H,30,33,34)/t22-,23+,24-/m0/s1. The zero-order valence-electron chi connectivity index (χ0n) is 20.1. The molecule has 0 aromatic heterocycles. The number of hydrogen-bond acceptors (Lipinski definition) is 5. The van der Waals surface area contributed by atoms with E-state index < -0.39 is 17.8 Å². The van der Waals surface area contributed by atoms with Gasteiger partial charge in [0.05, 0.1) is 0 Å². The van der Waals surface area contributed by atoms with E-state index in [1.165, 1.54) is 16.5 Å². The largest absolute Gasteiger partial charge is 0.486 e. The predicted molar refractivity (Wildman–Crippen MR) is 130 cm³/mol. The number of halogens is 1. The number of carbonyl (C=O) groups excluding carboxylic acids is 3. The van der Waals surface area contributed by atoms with E-state index in [9.17, 15) is 14.4 Å². The summed E-state index contributed by atoms with van der Waals surface area (Å²) in [6.07, 6.45) is 4.44. The molecule has 1 saturated carbocycles. The average Bonchev–Trinajstić information content (AvgIpc) is 3.15. The van der Waals surface area contributed by atoms with Crippen molar-refractivity contribution in [2.45, 2.75) is 69.2 Å². The first-order chi connectivity index (χ1) is 17.5. The number of amides is 3.